The van der Waals surface area contributed by atoms with E-state index < -0.39 is 11.7 Å². The Bertz CT molecular complexity index is 956. The smallest absolute Gasteiger partial charge is 0.249 e. The predicted octanol–water partition coefficient (Wildman–Crippen LogP) is 3.03. The van der Waals surface area contributed by atoms with Crippen molar-refractivity contribution < 1.29 is 9.18 Å². The lowest BCUT2D eigenvalue weighted by atomic mass is 9.95. The van der Waals surface area contributed by atoms with Gasteiger partial charge in [0.05, 0.1) is 11.1 Å². The highest BCUT2D eigenvalue weighted by molar-refractivity contribution is 6.07. The maximum absolute atomic E-state index is 13.7. The number of benzene rings is 2. The molecule has 0 spiro atoms. The van der Waals surface area contributed by atoms with Crippen molar-refractivity contribution >= 4 is 16.8 Å². The average molecular weight is 335 g/mol. The van der Waals surface area contributed by atoms with E-state index in [0.29, 0.717) is 23.0 Å². The summed E-state index contributed by atoms with van der Waals surface area (Å²) < 4.78 is 13.7. The number of pyridine rings is 1. The van der Waals surface area contributed by atoms with Crippen LogP contribution in [0.1, 0.15) is 27.2 Å². The Kier molecular flexibility index (Phi) is 3.93. The molecule has 0 unspecified atom stereocenters. The largest absolute Gasteiger partial charge is 0.366 e. The quantitative estimate of drug-likeness (QED) is 0.800. The maximum atomic E-state index is 13.7. The van der Waals surface area contributed by atoms with E-state index in [-0.39, 0.29) is 0 Å². The number of fused-ring (bicyclic) bond motifs is 2. The maximum Gasteiger partial charge on any atom is 0.249 e. The van der Waals surface area contributed by atoms with Gasteiger partial charge in [-0.1, -0.05) is 30.3 Å². The first-order chi connectivity index (χ1) is 12.1. The number of primary amides is 1. The van der Waals surface area contributed by atoms with Crippen LogP contribution in [0.2, 0.25) is 0 Å². The molecule has 4 rings (SSSR count). The standard InChI is InChI=1S/C20H18FN3O/c21-14-6-7-17-15(10-14)19(20(22)25)16-12-24(9-8-18(16)23-17)11-13-4-2-1-3-5-13/h1-7,10H,8-9,11-12H2,(H2,22,25). The molecule has 1 aliphatic rings. The van der Waals surface area contributed by atoms with Crippen LogP contribution in [0.15, 0.2) is 48.5 Å². The fourth-order valence-corrected chi connectivity index (χ4v) is 3.53. The normalized spacial score (nSPS) is 14.4. The highest BCUT2D eigenvalue weighted by atomic mass is 19.1. The van der Waals surface area contributed by atoms with Crippen molar-refractivity contribution in [3.63, 3.8) is 0 Å². The fourth-order valence-electron chi connectivity index (χ4n) is 3.53. The summed E-state index contributed by atoms with van der Waals surface area (Å²) in [7, 11) is 0. The van der Waals surface area contributed by atoms with Crippen LogP contribution in [0.5, 0.6) is 0 Å². The van der Waals surface area contributed by atoms with E-state index in [1.165, 1.54) is 17.7 Å². The third-order valence-electron chi connectivity index (χ3n) is 4.68. The van der Waals surface area contributed by atoms with Gasteiger partial charge < -0.3 is 5.73 Å². The lowest BCUT2D eigenvalue weighted by Gasteiger charge is -2.29. The van der Waals surface area contributed by atoms with E-state index in [0.717, 1.165) is 30.8 Å². The van der Waals surface area contributed by atoms with E-state index >= 15 is 0 Å². The molecule has 1 aliphatic heterocycles. The molecule has 3 aromatic rings. The van der Waals surface area contributed by atoms with Crippen molar-refractivity contribution in [2.24, 2.45) is 5.73 Å². The van der Waals surface area contributed by atoms with Crippen molar-refractivity contribution in [3.8, 4) is 0 Å². The zero-order chi connectivity index (χ0) is 17.4. The molecule has 5 heteroatoms. The number of nitrogens with zero attached hydrogens (tertiary/aromatic N) is 2. The third-order valence-corrected chi connectivity index (χ3v) is 4.68. The molecule has 1 aromatic heterocycles. The summed E-state index contributed by atoms with van der Waals surface area (Å²) in [5, 5.41) is 0.493. The van der Waals surface area contributed by atoms with E-state index in [2.05, 4.69) is 22.0 Å². The number of nitrogens with two attached hydrogens (primary N) is 1. The fraction of sp³-hybridized carbons (Fsp3) is 0.200. The molecule has 0 aliphatic carbocycles. The summed E-state index contributed by atoms with van der Waals surface area (Å²) in [6.45, 7) is 2.24. The molecule has 0 radical (unpaired) electrons. The lowest BCUT2D eigenvalue weighted by molar-refractivity contribution is 0.0999. The molecule has 1 amide bonds. The lowest BCUT2D eigenvalue weighted by Crippen LogP contribution is -2.33. The summed E-state index contributed by atoms with van der Waals surface area (Å²) in [6, 6.07) is 14.5. The summed E-state index contributed by atoms with van der Waals surface area (Å²) in [6.07, 6.45) is 0.746. The molecule has 0 saturated heterocycles. The molecule has 4 nitrogen and oxygen atoms in total. The molecular formula is C20H18FN3O. The minimum absolute atomic E-state index is 0.395. The Balaban J connectivity index is 1.76. The Morgan fingerprint density at radius 1 is 1.20 bits per heavy atom. The second-order valence-corrected chi connectivity index (χ2v) is 6.38. The molecule has 2 heterocycles. The minimum Gasteiger partial charge on any atom is -0.366 e. The van der Waals surface area contributed by atoms with Crippen LogP contribution in [0.4, 0.5) is 4.39 Å². The van der Waals surface area contributed by atoms with Gasteiger partial charge >= 0.3 is 0 Å². The summed E-state index contributed by atoms with van der Waals surface area (Å²) in [5.74, 6) is -0.926. The minimum atomic E-state index is -0.532. The summed E-state index contributed by atoms with van der Waals surface area (Å²) >= 11 is 0. The van der Waals surface area contributed by atoms with Crippen LogP contribution in [0, 0.1) is 5.82 Å². The van der Waals surface area contributed by atoms with E-state index in [9.17, 15) is 9.18 Å². The Labute approximate surface area is 145 Å². The summed E-state index contributed by atoms with van der Waals surface area (Å²) in [5.41, 5.74) is 9.59. The molecule has 2 N–H and O–H groups in total. The van der Waals surface area contributed by atoms with E-state index in [1.54, 1.807) is 6.07 Å². The number of halogens is 1. The predicted molar refractivity (Wildman–Crippen MR) is 94.5 cm³/mol. The van der Waals surface area contributed by atoms with Crippen LogP contribution in [-0.2, 0) is 19.5 Å². The van der Waals surface area contributed by atoms with Crippen molar-refractivity contribution in [3.05, 3.63) is 76.7 Å². The number of rotatable bonds is 3. The van der Waals surface area contributed by atoms with Gasteiger partial charge in [-0.25, -0.2) is 4.39 Å². The number of aromatic nitrogens is 1. The topological polar surface area (TPSA) is 59.2 Å². The molecule has 0 atom stereocenters. The number of hydrogen-bond acceptors (Lipinski definition) is 3. The molecule has 0 saturated carbocycles. The van der Waals surface area contributed by atoms with Gasteiger partial charge in [-0.15, -0.1) is 0 Å². The zero-order valence-electron chi connectivity index (χ0n) is 13.7. The first kappa shape index (κ1) is 15.7. The van der Waals surface area contributed by atoms with Gasteiger partial charge in [-0.2, -0.15) is 0 Å². The molecule has 25 heavy (non-hydrogen) atoms. The van der Waals surface area contributed by atoms with Gasteiger partial charge in [0.2, 0.25) is 5.91 Å². The van der Waals surface area contributed by atoms with Gasteiger partial charge in [0, 0.05) is 42.7 Å². The van der Waals surface area contributed by atoms with Crippen LogP contribution in [0.3, 0.4) is 0 Å². The van der Waals surface area contributed by atoms with Crippen LogP contribution in [0.25, 0.3) is 10.9 Å². The van der Waals surface area contributed by atoms with Crippen LogP contribution >= 0.6 is 0 Å². The SMILES string of the molecule is NC(=O)c1c2c(nc3ccc(F)cc13)CCN(Cc1ccccc1)C2. The number of carbonyl (C=O) groups excluding carboxylic acids is 1. The van der Waals surface area contributed by atoms with Gasteiger partial charge in [0.25, 0.3) is 0 Å². The van der Waals surface area contributed by atoms with Gasteiger partial charge in [0.1, 0.15) is 5.82 Å². The molecule has 0 fully saturated rings. The van der Waals surface area contributed by atoms with Gasteiger partial charge in [0.15, 0.2) is 0 Å². The molecular weight excluding hydrogens is 317 g/mol. The number of hydrogen-bond donors (Lipinski definition) is 1. The first-order valence-corrected chi connectivity index (χ1v) is 8.29. The molecule has 2 aromatic carbocycles. The van der Waals surface area contributed by atoms with Crippen LogP contribution in [-0.4, -0.2) is 22.3 Å². The van der Waals surface area contributed by atoms with Crippen LogP contribution < -0.4 is 5.73 Å². The highest BCUT2D eigenvalue weighted by Gasteiger charge is 2.25. The van der Waals surface area contributed by atoms with Crippen molar-refractivity contribution in [2.75, 3.05) is 6.54 Å². The average Bonchev–Trinajstić information content (AvgIpc) is 2.60. The number of amides is 1. The molecule has 0 bridgehead atoms. The monoisotopic (exact) mass is 335 g/mol. The Morgan fingerprint density at radius 3 is 2.76 bits per heavy atom. The van der Waals surface area contributed by atoms with Crippen molar-refractivity contribution in [1.82, 2.24) is 9.88 Å². The van der Waals surface area contributed by atoms with Crippen molar-refractivity contribution in [2.45, 2.75) is 19.5 Å². The van der Waals surface area contributed by atoms with E-state index in [1.807, 2.05) is 18.2 Å². The van der Waals surface area contributed by atoms with Crippen molar-refractivity contribution in [1.29, 1.82) is 0 Å². The second-order valence-electron chi connectivity index (χ2n) is 6.38. The summed E-state index contributed by atoms with van der Waals surface area (Å²) in [4.78, 5) is 19.0. The first-order valence-electron chi connectivity index (χ1n) is 8.29. The number of carbonyl (C=O) groups is 1. The zero-order valence-corrected chi connectivity index (χ0v) is 13.7. The van der Waals surface area contributed by atoms with Gasteiger partial charge in [-0.3, -0.25) is 14.7 Å². The highest BCUT2D eigenvalue weighted by Crippen LogP contribution is 2.29. The van der Waals surface area contributed by atoms with E-state index in [4.69, 9.17) is 5.73 Å². The van der Waals surface area contributed by atoms with Gasteiger partial charge in [-0.05, 0) is 23.8 Å². The molecule has 126 valence electrons. The Morgan fingerprint density at radius 2 is 2.00 bits per heavy atom. The Hall–Kier alpha value is -2.79. The third kappa shape index (κ3) is 2.98. The second kappa shape index (κ2) is 6.26.